The number of anilines is 3. The summed E-state index contributed by atoms with van der Waals surface area (Å²) in [7, 11) is 0. The average Bonchev–Trinajstić information content (AvgIpc) is 3.56. The van der Waals surface area contributed by atoms with Crippen LogP contribution >= 0.6 is 0 Å². The number of nitrogens with zero attached hydrogens (tertiary/aromatic N) is 3. The van der Waals surface area contributed by atoms with E-state index in [2.05, 4.69) is 179 Å². The summed E-state index contributed by atoms with van der Waals surface area (Å²) < 4.78 is 2.39. The van der Waals surface area contributed by atoms with Crippen molar-refractivity contribution >= 4 is 83.3 Å². The molecule has 242 valence electrons. The molecule has 0 aliphatic heterocycles. The maximum atomic E-state index is 9.53. The molecule has 3 nitrogen and oxygen atoms in total. The maximum absolute atomic E-state index is 9.53. The molecule has 0 bridgehead atoms. The van der Waals surface area contributed by atoms with Gasteiger partial charge in [0.1, 0.15) is 0 Å². The standard InChI is InChI=1S/C49H31N3/c50-32-33-17-25-40(26-18-33)51(41-27-21-34-9-4-5-10-38(34)31-41)45-29-23-35(42-14-6-7-15-44(42)45)19-20-36-24-30-47-49-43(36)28-22-37-11-8-16-46(48(37)49)52(47)39-12-2-1-3-13-39/h1-31H. The van der Waals surface area contributed by atoms with Crippen LogP contribution in [0.15, 0.2) is 176 Å². The molecule has 0 aliphatic carbocycles. The third-order valence-corrected chi connectivity index (χ3v) is 10.4. The highest BCUT2D eigenvalue weighted by Gasteiger charge is 2.19. The van der Waals surface area contributed by atoms with E-state index in [1.807, 2.05) is 24.3 Å². The van der Waals surface area contributed by atoms with Gasteiger partial charge in [0.05, 0.1) is 28.4 Å². The lowest BCUT2D eigenvalue weighted by Gasteiger charge is -2.27. The Balaban J connectivity index is 1.12. The van der Waals surface area contributed by atoms with Crippen molar-refractivity contribution in [3.63, 3.8) is 0 Å². The van der Waals surface area contributed by atoms with E-state index >= 15 is 0 Å². The Hall–Kier alpha value is -7.15. The van der Waals surface area contributed by atoms with Crippen LogP contribution in [0.1, 0.15) is 16.7 Å². The first kappa shape index (κ1) is 29.7. The molecule has 9 aromatic carbocycles. The number of rotatable bonds is 6. The largest absolute Gasteiger partial charge is 0.310 e. The summed E-state index contributed by atoms with van der Waals surface area (Å²) >= 11 is 0. The molecule has 0 spiro atoms. The van der Waals surface area contributed by atoms with Crippen molar-refractivity contribution < 1.29 is 0 Å². The van der Waals surface area contributed by atoms with Crippen LogP contribution in [-0.4, -0.2) is 4.57 Å². The smallest absolute Gasteiger partial charge is 0.0991 e. The lowest BCUT2D eigenvalue weighted by atomic mass is 9.97. The van der Waals surface area contributed by atoms with Crippen LogP contribution in [0.3, 0.4) is 0 Å². The lowest BCUT2D eigenvalue weighted by Crippen LogP contribution is -2.10. The van der Waals surface area contributed by atoms with E-state index in [1.54, 1.807) is 0 Å². The zero-order valence-corrected chi connectivity index (χ0v) is 28.2. The van der Waals surface area contributed by atoms with E-state index in [0.29, 0.717) is 5.56 Å². The van der Waals surface area contributed by atoms with Gasteiger partial charge in [0, 0.05) is 33.2 Å². The van der Waals surface area contributed by atoms with Crippen LogP contribution in [0.5, 0.6) is 0 Å². The minimum Gasteiger partial charge on any atom is -0.310 e. The van der Waals surface area contributed by atoms with Gasteiger partial charge in [-0.05, 0) is 105 Å². The first-order valence-corrected chi connectivity index (χ1v) is 17.6. The molecule has 0 amide bonds. The van der Waals surface area contributed by atoms with Gasteiger partial charge in [-0.15, -0.1) is 0 Å². The summed E-state index contributed by atoms with van der Waals surface area (Å²) in [6.07, 6.45) is 4.52. The van der Waals surface area contributed by atoms with Gasteiger partial charge in [0.25, 0.3) is 0 Å². The first-order chi connectivity index (χ1) is 25.7. The Labute approximate surface area is 301 Å². The molecule has 0 fully saturated rings. The second kappa shape index (κ2) is 12.0. The first-order valence-electron chi connectivity index (χ1n) is 17.6. The summed E-state index contributed by atoms with van der Waals surface area (Å²) in [6.45, 7) is 0. The fourth-order valence-corrected chi connectivity index (χ4v) is 7.97. The van der Waals surface area contributed by atoms with Crippen molar-refractivity contribution in [3.8, 4) is 11.8 Å². The molecule has 10 aromatic rings. The van der Waals surface area contributed by atoms with Crippen LogP contribution in [0.4, 0.5) is 17.1 Å². The normalized spacial score (nSPS) is 11.8. The number of para-hydroxylation sites is 1. The van der Waals surface area contributed by atoms with Crippen molar-refractivity contribution in [1.29, 1.82) is 5.26 Å². The SMILES string of the molecule is N#Cc1ccc(N(c2ccc3ccccc3c2)c2ccc(C=Cc3ccc4c5c3ccc3cccc(c35)n4-c3ccccc3)c3ccccc23)cc1. The van der Waals surface area contributed by atoms with E-state index in [-0.39, 0.29) is 0 Å². The quantitative estimate of drug-likeness (QED) is 0.131. The zero-order valence-electron chi connectivity index (χ0n) is 28.2. The molecule has 0 N–H and O–H groups in total. The van der Waals surface area contributed by atoms with E-state index < -0.39 is 0 Å². The molecule has 3 heteroatoms. The zero-order chi connectivity index (χ0) is 34.6. The molecule has 1 heterocycles. The maximum Gasteiger partial charge on any atom is 0.0991 e. The fraction of sp³-hybridized carbons (Fsp3) is 0. The Morgan fingerprint density at radius 2 is 1.12 bits per heavy atom. The van der Waals surface area contributed by atoms with Crippen molar-refractivity contribution in [3.05, 3.63) is 193 Å². The van der Waals surface area contributed by atoms with Gasteiger partial charge in [-0.3, -0.25) is 0 Å². The molecule has 1 aromatic heterocycles. The highest BCUT2D eigenvalue weighted by atomic mass is 15.1. The van der Waals surface area contributed by atoms with Crippen LogP contribution in [0, 0.1) is 11.3 Å². The van der Waals surface area contributed by atoms with Gasteiger partial charge in [-0.1, -0.05) is 121 Å². The average molecular weight is 662 g/mol. The molecule has 0 saturated heterocycles. The second-order valence-corrected chi connectivity index (χ2v) is 13.3. The minimum absolute atomic E-state index is 0.639. The topological polar surface area (TPSA) is 32.0 Å². The number of benzene rings is 9. The van der Waals surface area contributed by atoms with E-state index in [0.717, 1.165) is 28.0 Å². The molecule has 0 radical (unpaired) electrons. The van der Waals surface area contributed by atoms with Gasteiger partial charge >= 0.3 is 0 Å². The third-order valence-electron chi connectivity index (χ3n) is 10.4. The fourth-order valence-electron chi connectivity index (χ4n) is 7.97. The number of aromatic nitrogens is 1. The minimum atomic E-state index is 0.639. The van der Waals surface area contributed by atoms with Crippen molar-refractivity contribution in [2.45, 2.75) is 0 Å². The Bertz CT molecular complexity index is 3020. The van der Waals surface area contributed by atoms with E-state index in [1.165, 1.54) is 60.0 Å². The Morgan fingerprint density at radius 3 is 1.94 bits per heavy atom. The van der Waals surface area contributed by atoms with Crippen molar-refractivity contribution in [2.24, 2.45) is 0 Å². The summed E-state index contributed by atoms with van der Waals surface area (Å²) in [5, 5.41) is 19.3. The van der Waals surface area contributed by atoms with Crippen molar-refractivity contribution in [2.75, 3.05) is 4.90 Å². The monoisotopic (exact) mass is 661 g/mol. The van der Waals surface area contributed by atoms with Gasteiger partial charge in [0.15, 0.2) is 0 Å². The number of hydrogen-bond acceptors (Lipinski definition) is 2. The van der Waals surface area contributed by atoms with Crippen molar-refractivity contribution in [1.82, 2.24) is 4.57 Å². The van der Waals surface area contributed by atoms with Crippen LogP contribution in [0.2, 0.25) is 0 Å². The molecule has 0 aliphatic rings. The lowest BCUT2D eigenvalue weighted by molar-refractivity contribution is 1.18. The van der Waals surface area contributed by atoms with Gasteiger partial charge in [-0.2, -0.15) is 5.26 Å². The summed E-state index contributed by atoms with van der Waals surface area (Å²) in [4.78, 5) is 2.30. The molecule has 52 heavy (non-hydrogen) atoms. The molecule has 0 saturated carbocycles. The van der Waals surface area contributed by atoms with Crippen LogP contribution in [-0.2, 0) is 0 Å². The second-order valence-electron chi connectivity index (χ2n) is 13.3. The van der Waals surface area contributed by atoms with E-state index in [4.69, 9.17) is 0 Å². The molecule has 0 unspecified atom stereocenters. The molecular weight excluding hydrogens is 631 g/mol. The summed E-state index contributed by atoms with van der Waals surface area (Å²) in [5.41, 5.74) is 9.73. The van der Waals surface area contributed by atoms with Gasteiger partial charge in [-0.25, -0.2) is 0 Å². The predicted molar refractivity (Wildman–Crippen MR) is 219 cm³/mol. The highest BCUT2D eigenvalue weighted by molar-refractivity contribution is 6.25. The van der Waals surface area contributed by atoms with Gasteiger partial charge in [0.2, 0.25) is 0 Å². The molecule has 10 rings (SSSR count). The molecule has 0 atom stereocenters. The molecular formula is C49H31N3. The van der Waals surface area contributed by atoms with Crippen LogP contribution < -0.4 is 4.90 Å². The number of nitriles is 1. The summed E-state index contributed by atoms with van der Waals surface area (Å²) in [6, 6.07) is 64.6. The summed E-state index contributed by atoms with van der Waals surface area (Å²) in [5.74, 6) is 0. The Kier molecular flexibility index (Phi) is 6.87. The van der Waals surface area contributed by atoms with Gasteiger partial charge < -0.3 is 9.47 Å². The third kappa shape index (κ3) is 4.74. The Morgan fingerprint density at radius 1 is 0.462 bits per heavy atom. The van der Waals surface area contributed by atoms with E-state index in [9.17, 15) is 5.26 Å². The number of fused-ring (bicyclic) bond motifs is 2. The number of hydrogen-bond donors (Lipinski definition) is 0. The highest BCUT2D eigenvalue weighted by Crippen LogP contribution is 2.43. The predicted octanol–water partition coefficient (Wildman–Crippen LogP) is 13.2. The van der Waals surface area contributed by atoms with Crippen LogP contribution in [0.25, 0.3) is 72.0 Å².